The summed E-state index contributed by atoms with van der Waals surface area (Å²) < 4.78 is 5.73. The summed E-state index contributed by atoms with van der Waals surface area (Å²) in [6.45, 7) is 4.00. The molecular formula is C22H20N2O5S. The lowest BCUT2D eigenvalue weighted by molar-refractivity contribution is -0.122. The number of benzene rings is 2. The van der Waals surface area contributed by atoms with E-state index in [0.717, 1.165) is 11.3 Å². The molecule has 1 aliphatic heterocycles. The summed E-state index contributed by atoms with van der Waals surface area (Å²) >= 11 is 5.15. The number of nitrogens with one attached hydrogen (secondary N) is 1. The van der Waals surface area contributed by atoms with Crippen molar-refractivity contribution in [1.82, 2.24) is 5.32 Å². The van der Waals surface area contributed by atoms with Gasteiger partial charge >= 0.3 is 5.97 Å². The summed E-state index contributed by atoms with van der Waals surface area (Å²) in [4.78, 5) is 37.6. The molecule has 154 valence electrons. The second kappa shape index (κ2) is 8.87. The third-order valence-corrected chi connectivity index (χ3v) is 4.86. The summed E-state index contributed by atoms with van der Waals surface area (Å²) in [6, 6.07) is 12.7. The van der Waals surface area contributed by atoms with Crippen LogP contribution in [0.4, 0.5) is 5.69 Å². The number of rotatable bonds is 6. The van der Waals surface area contributed by atoms with Crippen molar-refractivity contribution in [2.45, 2.75) is 26.4 Å². The molecule has 0 unspecified atom stereocenters. The number of ether oxygens (including phenoxy) is 1. The molecule has 2 amide bonds. The van der Waals surface area contributed by atoms with Crippen LogP contribution in [-0.4, -0.2) is 34.1 Å². The van der Waals surface area contributed by atoms with Gasteiger partial charge in [-0.2, -0.15) is 0 Å². The molecule has 1 saturated heterocycles. The third-order valence-electron chi connectivity index (χ3n) is 4.58. The first-order chi connectivity index (χ1) is 14.3. The number of anilines is 1. The molecule has 0 aliphatic carbocycles. The zero-order chi connectivity index (χ0) is 21.8. The molecule has 8 heteroatoms. The first-order valence-electron chi connectivity index (χ1n) is 9.31. The number of nitrogens with zero attached hydrogens (tertiary/aromatic N) is 1. The van der Waals surface area contributed by atoms with Crippen LogP contribution in [0.25, 0.3) is 6.08 Å². The van der Waals surface area contributed by atoms with Crippen molar-refractivity contribution in [1.29, 1.82) is 0 Å². The number of carboxylic acids is 1. The number of carbonyl (C=O) groups is 3. The summed E-state index contributed by atoms with van der Waals surface area (Å²) in [5.41, 5.74) is 1.01. The molecule has 0 aromatic heterocycles. The van der Waals surface area contributed by atoms with E-state index in [1.54, 1.807) is 24.3 Å². The van der Waals surface area contributed by atoms with Crippen molar-refractivity contribution in [2.75, 3.05) is 4.90 Å². The van der Waals surface area contributed by atoms with Crippen LogP contribution in [0, 0.1) is 0 Å². The van der Waals surface area contributed by atoms with Crippen molar-refractivity contribution in [3.63, 3.8) is 0 Å². The van der Waals surface area contributed by atoms with Gasteiger partial charge in [-0.15, -0.1) is 0 Å². The molecule has 2 aromatic rings. The summed E-state index contributed by atoms with van der Waals surface area (Å²) in [6.07, 6.45) is 2.44. The third kappa shape index (κ3) is 4.55. The van der Waals surface area contributed by atoms with Crippen LogP contribution in [0.3, 0.4) is 0 Å². The van der Waals surface area contributed by atoms with Crippen LogP contribution < -0.4 is 15.0 Å². The molecule has 0 spiro atoms. The van der Waals surface area contributed by atoms with Gasteiger partial charge < -0.3 is 9.84 Å². The Labute approximate surface area is 179 Å². The van der Waals surface area contributed by atoms with E-state index in [1.165, 1.54) is 30.3 Å². The number of hydrogen-bond acceptors (Lipinski definition) is 5. The molecule has 0 bridgehead atoms. The molecule has 2 N–H and O–H groups in total. The van der Waals surface area contributed by atoms with Crippen molar-refractivity contribution < 1.29 is 24.2 Å². The number of carbonyl (C=O) groups excluding carboxylic acids is 2. The molecule has 1 atom stereocenters. The molecule has 2 aromatic carbocycles. The monoisotopic (exact) mass is 424 g/mol. The lowest BCUT2D eigenvalue weighted by Crippen LogP contribution is -2.54. The smallest absolute Gasteiger partial charge is 0.335 e. The lowest BCUT2D eigenvalue weighted by Gasteiger charge is -2.29. The fraction of sp³-hybridized carbons (Fsp3) is 0.182. The zero-order valence-electron chi connectivity index (χ0n) is 16.4. The highest BCUT2D eigenvalue weighted by Crippen LogP contribution is 2.23. The molecule has 1 fully saturated rings. The number of thiocarbonyl (C=S) groups is 1. The first-order valence-corrected chi connectivity index (χ1v) is 9.72. The van der Waals surface area contributed by atoms with E-state index in [9.17, 15) is 14.4 Å². The highest BCUT2D eigenvalue weighted by molar-refractivity contribution is 7.80. The Kier molecular flexibility index (Phi) is 6.27. The van der Waals surface area contributed by atoms with Crippen molar-refractivity contribution >= 4 is 46.9 Å². The minimum Gasteiger partial charge on any atom is -0.491 e. The van der Waals surface area contributed by atoms with Crippen LogP contribution in [0.15, 0.2) is 54.1 Å². The molecule has 1 aliphatic rings. The molecule has 0 saturated carbocycles. The Morgan fingerprint density at radius 3 is 2.37 bits per heavy atom. The Morgan fingerprint density at radius 1 is 1.17 bits per heavy atom. The maximum Gasteiger partial charge on any atom is 0.335 e. The average Bonchev–Trinajstić information content (AvgIpc) is 2.72. The normalized spacial score (nSPS) is 16.4. The van der Waals surface area contributed by atoms with Crippen LogP contribution in [0.2, 0.25) is 0 Å². The van der Waals surface area contributed by atoms with Gasteiger partial charge in [0.15, 0.2) is 5.11 Å². The second-order valence-corrected chi connectivity index (χ2v) is 7.10. The van der Waals surface area contributed by atoms with Gasteiger partial charge in [0.25, 0.3) is 11.8 Å². The van der Waals surface area contributed by atoms with Crippen molar-refractivity contribution in [2.24, 2.45) is 0 Å². The van der Waals surface area contributed by atoms with Crippen molar-refractivity contribution in [3.05, 3.63) is 65.2 Å². The number of amides is 2. The minimum atomic E-state index is -1.08. The molecule has 30 heavy (non-hydrogen) atoms. The molecule has 7 nitrogen and oxygen atoms in total. The van der Waals surface area contributed by atoms with Gasteiger partial charge in [-0.25, -0.2) is 4.79 Å². The SMILES string of the molecule is CC[C@@H](C)Oc1ccc(/C=C2\C(=O)NC(=S)N(c3ccc(C(=O)O)cc3)C2=O)cc1. The van der Waals surface area contributed by atoms with Gasteiger partial charge in [0.1, 0.15) is 11.3 Å². The molecule has 1 heterocycles. The number of hydrogen-bond donors (Lipinski definition) is 2. The maximum atomic E-state index is 13.0. The molecule has 3 rings (SSSR count). The van der Waals surface area contributed by atoms with Crippen molar-refractivity contribution in [3.8, 4) is 5.75 Å². The predicted octanol–water partition coefficient (Wildman–Crippen LogP) is 3.39. The van der Waals surface area contributed by atoms with E-state index in [0.29, 0.717) is 17.0 Å². The number of carboxylic acid groups (broad SMARTS) is 1. The van der Waals surface area contributed by atoms with E-state index < -0.39 is 17.8 Å². The standard InChI is InChI=1S/C22H20N2O5S/c1-3-13(2)29-17-10-4-14(5-11-17)12-18-19(25)23-22(30)24(20(18)26)16-8-6-15(7-9-16)21(27)28/h4-13H,3H2,1-2H3,(H,27,28)(H,23,25,30)/b18-12+/t13-/m1/s1. The van der Waals surface area contributed by atoms with E-state index in [2.05, 4.69) is 5.32 Å². The van der Waals surface area contributed by atoms with E-state index >= 15 is 0 Å². The summed E-state index contributed by atoms with van der Waals surface area (Å²) in [7, 11) is 0. The quantitative estimate of drug-likeness (QED) is 0.419. The van der Waals surface area contributed by atoms with E-state index in [4.69, 9.17) is 22.1 Å². The van der Waals surface area contributed by atoms with Gasteiger partial charge in [-0.05, 0) is 73.6 Å². The highest BCUT2D eigenvalue weighted by Gasteiger charge is 2.34. The maximum absolute atomic E-state index is 13.0. The topological polar surface area (TPSA) is 95.9 Å². The second-order valence-electron chi connectivity index (χ2n) is 6.72. The largest absolute Gasteiger partial charge is 0.491 e. The van der Waals surface area contributed by atoms with Gasteiger partial charge in [0, 0.05) is 0 Å². The Balaban J connectivity index is 1.87. The van der Waals surface area contributed by atoms with Gasteiger partial charge in [0.05, 0.1) is 17.4 Å². The minimum absolute atomic E-state index is 0.0671. The fourth-order valence-corrected chi connectivity index (χ4v) is 3.05. The van der Waals surface area contributed by atoms with Crippen LogP contribution >= 0.6 is 12.2 Å². The first kappa shape index (κ1) is 21.2. The van der Waals surface area contributed by atoms with Gasteiger partial charge in [-0.1, -0.05) is 19.1 Å². The van der Waals surface area contributed by atoms with Crippen LogP contribution in [-0.2, 0) is 9.59 Å². The fourth-order valence-electron chi connectivity index (χ4n) is 2.77. The van der Waals surface area contributed by atoms with Crippen LogP contribution in [0.1, 0.15) is 36.2 Å². The lowest BCUT2D eigenvalue weighted by atomic mass is 10.1. The summed E-state index contributed by atoms with van der Waals surface area (Å²) in [5, 5.41) is 11.5. The Morgan fingerprint density at radius 2 is 1.80 bits per heavy atom. The van der Waals surface area contributed by atoms with Gasteiger partial charge in [0.2, 0.25) is 0 Å². The predicted molar refractivity (Wildman–Crippen MR) is 116 cm³/mol. The average molecular weight is 424 g/mol. The summed E-state index contributed by atoms with van der Waals surface area (Å²) in [5.74, 6) is -1.56. The highest BCUT2D eigenvalue weighted by atomic mass is 32.1. The zero-order valence-corrected chi connectivity index (χ0v) is 17.2. The van der Waals surface area contributed by atoms with Crippen LogP contribution in [0.5, 0.6) is 5.75 Å². The molecule has 0 radical (unpaired) electrons. The Hall–Kier alpha value is -3.52. The van der Waals surface area contributed by atoms with E-state index in [1.807, 2.05) is 13.8 Å². The van der Waals surface area contributed by atoms with Gasteiger partial charge in [-0.3, -0.25) is 19.8 Å². The Bertz CT molecular complexity index is 1030. The molecular weight excluding hydrogens is 404 g/mol. The van der Waals surface area contributed by atoms with E-state index in [-0.39, 0.29) is 22.4 Å². The number of aromatic carboxylic acids is 1.